The molecule has 0 atom stereocenters. The molecule has 10 heteroatoms. The zero-order valence-electron chi connectivity index (χ0n) is 10.5. The predicted molar refractivity (Wildman–Crippen MR) is 71.8 cm³/mol. The van der Waals surface area contributed by atoms with Crippen LogP contribution >= 0.6 is 11.6 Å². The molecule has 0 aliphatic rings. The fraction of sp³-hybridized carbons (Fsp3) is 0.300. The Balaban J connectivity index is 3.52. The monoisotopic (exact) mass is 301 g/mol. The third kappa shape index (κ3) is 3.12. The van der Waals surface area contributed by atoms with Crippen LogP contribution in [0.2, 0.25) is 5.15 Å². The van der Waals surface area contributed by atoms with Crippen LogP contribution in [0.5, 0.6) is 0 Å². The molecule has 0 saturated carbocycles. The zero-order chi connectivity index (χ0) is 15.4. The summed E-state index contributed by atoms with van der Waals surface area (Å²) in [6, 6.07) is 0. The van der Waals surface area contributed by atoms with Gasteiger partial charge in [0.05, 0.1) is 0 Å². The first kappa shape index (κ1) is 15.6. The van der Waals surface area contributed by atoms with E-state index in [1.165, 1.54) is 0 Å². The van der Waals surface area contributed by atoms with Gasteiger partial charge in [0.25, 0.3) is 5.15 Å². The molecule has 1 heterocycles. The number of hydrogen-bond acceptors (Lipinski definition) is 7. The van der Waals surface area contributed by atoms with E-state index >= 15 is 0 Å². The number of carboxylic acid groups (broad SMARTS) is 1. The lowest BCUT2D eigenvalue weighted by Gasteiger charge is -2.07. The quantitative estimate of drug-likeness (QED) is 0.415. The van der Waals surface area contributed by atoms with Gasteiger partial charge in [-0.25, -0.2) is 9.78 Å². The fourth-order valence-electron chi connectivity index (χ4n) is 1.50. The van der Waals surface area contributed by atoms with Crippen molar-refractivity contribution in [1.29, 1.82) is 0 Å². The van der Waals surface area contributed by atoms with Gasteiger partial charge in [-0.05, 0) is 27.9 Å². The highest BCUT2D eigenvalue weighted by Gasteiger charge is 2.27. The summed E-state index contributed by atoms with van der Waals surface area (Å²) in [6.45, 7) is 1.81. The molecule has 1 aromatic rings. The van der Waals surface area contributed by atoms with Gasteiger partial charge in [-0.1, -0.05) is 13.3 Å². The van der Waals surface area contributed by atoms with E-state index in [4.69, 9.17) is 23.1 Å². The summed E-state index contributed by atoms with van der Waals surface area (Å²) in [5.41, 5.74) is 10.5. The third-order valence-electron chi connectivity index (χ3n) is 2.32. The molecule has 5 N–H and O–H groups in total. The van der Waals surface area contributed by atoms with Crippen LogP contribution in [0.1, 0.15) is 25.5 Å². The molecule has 9 nitrogen and oxygen atoms in total. The molecule has 0 aliphatic carbocycles. The molecule has 0 amide bonds. The molecule has 108 valence electrons. The number of rotatable bonds is 5. The number of nitro groups is 1. The molecule has 0 spiro atoms. The Labute approximate surface area is 118 Å². The molecule has 0 radical (unpaired) electrons. The van der Waals surface area contributed by atoms with E-state index < -0.39 is 27.7 Å². The van der Waals surface area contributed by atoms with Gasteiger partial charge in [-0.15, -0.1) is 0 Å². The third-order valence-corrected chi connectivity index (χ3v) is 2.59. The number of carbonyl (C=O) groups is 1. The molecule has 1 aromatic heterocycles. The Morgan fingerprint density at radius 3 is 2.55 bits per heavy atom. The van der Waals surface area contributed by atoms with E-state index in [1.807, 2.05) is 6.92 Å². The van der Waals surface area contributed by atoms with Crippen molar-refractivity contribution >= 4 is 34.8 Å². The summed E-state index contributed by atoms with van der Waals surface area (Å²) in [5.74, 6) is -2.63. The Bertz CT molecular complexity index is 602. The van der Waals surface area contributed by atoms with Gasteiger partial charge in [0, 0.05) is 5.70 Å². The van der Waals surface area contributed by atoms with Crippen molar-refractivity contribution in [2.45, 2.75) is 19.8 Å². The number of allylic oxidation sites excluding steroid dienone is 1. The lowest BCUT2D eigenvalue weighted by molar-refractivity contribution is -0.388. The van der Waals surface area contributed by atoms with Crippen LogP contribution in [-0.4, -0.2) is 26.0 Å². The molecule has 0 fully saturated rings. The van der Waals surface area contributed by atoms with Gasteiger partial charge in [0.2, 0.25) is 5.82 Å². The topological polar surface area (TPSA) is 158 Å². The molecule has 20 heavy (non-hydrogen) atoms. The largest absolute Gasteiger partial charge is 0.478 e. The first-order chi connectivity index (χ1) is 9.29. The molecule has 0 saturated heterocycles. The smallest absolute Gasteiger partial charge is 0.407 e. The van der Waals surface area contributed by atoms with Gasteiger partial charge in [0.1, 0.15) is 11.3 Å². The Morgan fingerprint density at radius 1 is 1.50 bits per heavy atom. The van der Waals surface area contributed by atoms with E-state index in [2.05, 4.69) is 9.97 Å². The Morgan fingerprint density at radius 2 is 2.10 bits per heavy atom. The summed E-state index contributed by atoms with van der Waals surface area (Å²) in [4.78, 5) is 28.1. The standard InChI is InChI=1S/C10H12ClN5O4/c1-2-3-4(12)5(10(17)18)6-7(11)15-9(16(19)20)8(13)14-6/h2-3,12H2,1H3,(H2,13,14)(H,17,18). The number of nitrogens with two attached hydrogens (primary N) is 2. The maximum absolute atomic E-state index is 11.3. The van der Waals surface area contributed by atoms with Crippen LogP contribution < -0.4 is 11.5 Å². The Hall–Kier alpha value is -2.42. The number of aliphatic carboxylic acids is 1. The maximum Gasteiger partial charge on any atom is 0.407 e. The van der Waals surface area contributed by atoms with Crippen molar-refractivity contribution in [3.05, 3.63) is 26.7 Å². The number of carboxylic acids is 1. The molecule has 1 rings (SSSR count). The minimum Gasteiger partial charge on any atom is -0.478 e. The van der Waals surface area contributed by atoms with E-state index in [0.29, 0.717) is 12.8 Å². The SMILES string of the molecule is CCCC(N)=C(C(=O)O)c1nc(N)c([N+](=O)[O-])nc1Cl. The number of anilines is 1. The molecular formula is C10H12ClN5O4. The van der Waals surface area contributed by atoms with Gasteiger partial charge < -0.3 is 26.7 Å². The number of hydrogen-bond donors (Lipinski definition) is 3. The Kier molecular flexibility index (Phi) is 4.81. The summed E-state index contributed by atoms with van der Waals surface area (Å²) in [6.07, 6.45) is 0.909. The molecule has 0 aliphatic heterocycles. The molecular weight excluding hydrogens is 290 g/mol. The average molecular weight is 302 g/mol. The van der Waals surface area contributed by atoms with Gasteiger partial charge >= 0.3 is 11.8 Å². The molecule has 0 aromatic carbocycles. The molecule has 0 unspecified atom stereocenters. The minimum atomic E-state index is -1.36. The van der Waals surface area contributed by atoms with Crippen molar-refractivity contribution in [2.24, 2.45) is 5.73 Å². The van der Waals surface area contributed by atoms with Gasteiger partial charge in [-0.2, -0.15) is 0 Å². The lowest BCUT2D eigenvalue weighted by atomic mass is 10.1. The second kappa shape index (κ2) is 6.15. The number of nitrogen functional groups attached to an aromatic ring is 1. The summed E-state index contributed by atoms with van der Waals surface area (Å²) in [5, 5.41) is 19.4. The lowest BCUT2D eigenvalue weighted by Crippen LogP contribution is -2.13. The summed E-state index contributed by atoms with van der Waals surface area (Å²) >= 11 is 5.74. The predicted octanol–water partition coefficient (Wildman–Crippen LogP) is 1.17. The fourth-order valence-corrected chi connectivity index (χ4v) is 1.72. The van der Waals surface area contributed by atoms with Crippen LogP contribution in [0.25, 0.3) is 5.57 Å². The van der Waals surface area contributed by atoms with Crippen LogP contribution in [0.15, 0.2) is 5.70 Å². The number of halogens is 1. The van der Waals surface area contributed by atoms with E-state index in [9.17, 15) is 20.0 Å². The normalized spacial score (nSPS) is 11.9. The van der Waals surface area contributed by atoms with Gasteiger partial charge in [-0.3, -0.25) is 0 Å². The number of aromatic nitrogens is 2. The highest BCUT2D eigenvalue weighted by molar-refractivity contribution is 6.33. The van der Waals surface area contributed by atoms with Crippen molar-refractivity contribution < 1.29 is 14.8 Å². The zero-order valence-corrected chi connectivity index (χ0v) is 11.2. The van der Waals surface area contributed by atoms with E-state index in [0.717, 1.165) is 0 Å². The summed E-state index contributed by atoms with van der Waals surface area (Å²) in [7, 11) is 0. The van der Waals surface area contributed by atoms with E-state index in [-0.39, 0.29) is 17.0 Å². The van der Waals surface area contributed by atoms with Crippen molar-refractivity contribution in [1.82, 2.24) is 9.97 Å². The second-order valence-electron chi connectivity index (χ2n) is 3.78. The van der Waals surface area contributed by atoms with Crippen LogP contribution in [-0.2, 0) is 4.79 Å². The van der Waals surface area contributed by atoms with Crippen LogP contribution in [0, 0.1) is 10.1 Å². The summed E-state index contributed by atoms with van der Waals surface area (Å²) < 4.78 is 0. The average Bonchev–Trinajstić information content (AvgIpc) is 2.32. The highest BCUT2D eigenvalue weighted by atomic mass is 35.5. The number of nitrogens with zero attached hydrogens (tertiary/aromatic N) is 3. The van der Waals surface area contributed by atoms with Crippen LogP contribution in [0.3, 0.4) is 0 Å². The van der Waals surface area contributed by atoms with Crippen molar-refractivity contribution in [2.75, 3.05) is 5.73 Å². The van der Waals surface area contributed by atoms with E-state index in [1.54, 1.807) is 0 Å². The second-order valence-corrected chi connectivity index (χ2v) is 4.14. The van der Waals surface area contributed by atoms with Crippen LogP contribution in [0.4, 0.5) is 11.6 Å². The maximum atomic E-state index is 11.3. The molecule has 0 bridgehead atoms. The first-order valence-corrected chi connectivity index (χ1v) is 5.87. The van der Waals surface area contributed by atoms with Crippen molar-refractivity contribution in [3.8, 4) is 0 Å². The highest BCUT2D eigenvalue weighted by Crippen LogP contribution is 2.28. The minimum absolute atomic E-state index is 0.0458. The van der Waals surface area contributed by atoms with Gasteiger partial charge in [0.15, 0.2) is 0 Å². The van der Waals surface area contributed by atoms with Crippen molar-refractivity contribution in [3.63, 3.8) is 0 Å². The first-order valence-electron chi connectivity index (χ1n) is 5.49.